The smallest absolute Gasteiger partial charge is 0.211 e. The van der Waals surface area contributed by atoms with Gasteiger partial charge in [0.05, 0.1) is 5.75 Å². The topological polar surface area (TPSA) is 58.2 Å². The molecular formula is C11H26N2O2S. The first-order valence-electron chi connectivity index (χ1n) is 6.26. The molecular weight excluding hydrogens is 224 g/mol. The fourth-order valence-electron chi connectivity index (χ4n) is 1.49. The van der Waals surface area contributed by atoms with Gasteiger partial charge in [0.15, 0.2) is 0 Å². The maximum absolute atomic E-state index is 11.1. The predicted molar refractivity (Wildman–Crippen MR) is 69.1 cm³/mol. The van der Waals surface area contributed by atoms with E-state index in [9.17, 15) is 8.42 Å². The van der Waals surface area contributed by atoms with Crippen molar-refractivity contribution in [2.75, 3.05) is 18.8 Å². The molecule has 2 N–H and O–H groups in total. The van der Waals surface area contributed by atoms with Crippen molar-refractivity contribution in [3.05, 3.63) is 0 Å². The lowest BCUT2D eigenvalue weighted by molar-refractivity contribution is 0.454. The average molecular weight is 250 g/mol. The minimum atomic E-state index is -3.03. The van der Waals surface area contributed by atoms with Crippen LogP contribution in [0.15, 0.2) is 0 Å². The van der Waals surface area contributed by atoms with Crippen LogP contribution in [0.2, 0.25) is 0 Å². The van der Waals surface area contributed by atoms with Gasteiger partial charge in [-0.05, 0) is 19.8 Å². The fraction of sp³-hybridized carbons (Fsp3) is 1.00. The molecule has 0 heterocycles. The van der Waals surface area contributed by atoms with Crippen LogP contribution >= 0.6 is 0 Å². The summed E-state index contributed by atoms with van der Waals surface area (Å²) in [6, 6.07) is 0.520. The zero-order chi connectivity index (χ0) is 12.4. The molecule has 0 rings (SSSR count). The molecule has 0 aromatic heterocycles. The third-order valence-electron chi connectivity index (χ3n) is 2.66. The van der Waals surface area contributed by atoms with Crippen LogP contribution in [0, 0.1) is 0 Å². The highest BCUT2D eigenvalue weighted by Gasteiger charge is 2.07. The molecule has 0 radical (unpaired) electrons. The first kappa shape index (κ1) is 15.9. The van der Waals surface area contributed by atoms with E-state index in [-0.39, 0.29) is 5.75 Å². The lowest BCUT2D eigenvalue weighted by atomic mass is 10.1. The average Bonchev–Trinajstić information content (AvgIpc) is 2.28. The number of hydrogen-bond acceptors (Lipinski definition) is 3. The van der Waals surface area contributed by atoms with Crippen LogP contribution in [-0.2, 0) is 10.0 Å². The SMILES string of the molecule is CCCCC(CC)NCCNS(=O)(=O)CC. The monoisotopic (exact) mass is 250 g/mol. The lowest BCUT2D eigenvalue weighted by Gasteiger charge is -2.16. The summed E-state index contributed by atoms with van der Waals surface area (Å²) < 4.78 is 24.8. The molecule has 0 aliphatic heterocycles. The van der Waals surface area contributed by atoms with Crippen molar-refractivity contribution in [2.24, 2.45) is 0 Å². The Balaban J connectivity index is 3.63. The molecule has 0 aliphatic rings. The summed E-state index contributed by atoms with van der Waals surface area (Å²) in [4.78, 5) is 0. The zero-order valence-electron chi connectivity index (χ0n) is 10.8. The molecule has 0 saturated heterocycles. The Morgan fingerprint density at radius 3 is 2.31 bits per heavy atom. The van der Waals surface area contributed by atoms with Gasteiger partial charge >= 0.3 is 0 Å². The zero-order valence-corrected chi connectivity index (χ0v) is 11.6. The molecule has 0 saturated carbocycles. The van der Waals surface area contributed by atoms with Crippen molar-refractivity contribution in [1.82, 2.24) is 10.0 Å². The van der Waals surface area contributed by atoms with E-state index in [4.69, 9.17) is 0 Å². The number of rotatable bonds is 10. The molecule has 4 nitrogen and oxygen atoms in total. The molecule has 0 spiro atoms. The quantitative estimate of drug-likeness (QED) is 0.577. The molecule has 5 heteroatoms. The van der Waals surface area contributed by atoms with Gasteiger partial charge in [0, 0.05) is 19.1 Å². The van der Waals surface area contributed by atoms with Crippen molar-refractivity contribution in [1.29, 1.82) is 0 Å². The summed E-state index contributed by atoms with van der Waals surface area (Å²) in [5.41, 5.74) is 0. The van der Waals surface area contributed by atoms with E-state index in [1.54, 1.807) is 6.92 Å². The van der Waals surface area contributed by atoms with Gasteiger partial charge in [0.25, 0.3) is 0 Å². The molecule has 0 aromatic carbocycles. The Hall–Kier alpha value is -0.130. The standard InChI is InChI=1S/C11H26N2O2S/c1-4-7-8-11(5-2)12-9-10-13-16(14,15)6-3/h11-13H,4-10H2,1-3H3. The maximum Gasteiger partial charge on any atom is 0.211 e. The Labute approximate surface area is 100 Å². The van der Waals surface area contributed by atoms with Crippen LogP contribution in [0.3, 0.4) is 0 Å². The number of sulfonamides is 1. The van der Waals surface area contributed by atoms with Gasteiger partial charge in [-0.15, -0.1) is 0 Å². The first-order chi connectivity index (χ1) is 7.55. The second kappa shape index (κ2) is 8.96. The van der Waals surface area contributed by atoms with E-state index in [0.29, 0.717) is 19.1 Å². The van der Waals surface area contributed by atoms with E-state index in [0.717, 1.165) is 6.42 Å². The van der Waals surface area contributed by atoms with E-state index in [1.807, 2.05) is 0 Å². The molecule has 98 valence electrons. The lowest BCUT2D eigenvalue weighted by Crippen LogP contribution is -2.37. The third-order valence-corrected chi connectivity index (χ3v) is 4.06. The summed E-state index contributed by atoms with van der Waals surface area (Å²) in [7, 11) is -3.03. The van der Waals surface area contributed by atoms with Gasteiger partial charge in [-0.1, -0.05) is 26.7 Å². The molecule has 0 fully saturated rings. The minimum Gasteiger partial charge on any atom is -0.313 e. The van der Waals surface area contributed by atoms with Crippen molar-refractivity contribution >= 4 is 10.0 Å². The normalized spacial score (nSPS) is 13.9. The molecule has 0 aliphatic carbocycles. The van der Waals surface area contributed by atoms with Gasteiger partial charge in [-0.25, -0.2) is 13.1 Å². The van der Waals surface area contributed by atoms with Gasteiger partial charge in [0.2, 0.25) is 10.0 Å². The Morgan fingerprint density at radius 1 is 1.12 bits per heavy atom. The molecule has 0 amide bonds. The summed E-state index contributed by atoms with van der Waals surface area (Å²) in [5.74, 6) is 0.153. The van der Waals surface area contributed by atoms with E-state index in [1.165, 1.54) is 19.3 Å². The summed E-state index contributed by atoms with van der Waals surface area (Å²) in [6.07, 6.45) is 4.71. The Kier molecular flexibility index (Phi) is 8.89. The Bertz CT molecular complexity index is 253. The fourth-order valence-corrected chi connectivity index (χ4v) is 2.10. The van der Waals surface area contributed by atoms with Gasteiger partial charge < -0.3 is 5.32 Å². The van der Waals surface area contributed by atoms with Gasteiger partial charge in [-0.3, -0.25) is 0 Å². The van der Waals surface area contributed by atoms with E-state index in [2.05, 4.69) is 23.9 Å². The molecule has 0 aromatic rings. The molecule has 1 unspecified atom stereocenters. The maximum atomic E-state index is 11.1. The second-order valence-electron chi connectivity index (χ2n) is 4.00. The molecule has 0 bridgehead atoms. The second-order valence-corrected chi connectivity index (χ2v) is 6.09. The minimum absolute atomic E-state index is 0.153. The van der Waals surface area contributed by atoms with Crippen LogP contribution < -0.4 is 10.0 Å². The van der Waals surface area contributed by atoms with Gasteiger partial charge in [0.1, 0.15) is 0 Å². The summed E-state index contributed by atoms with van der Waals surface area (Å²) >= 11 is 0. The largest absolute Gasteiger partial charge is 0.313 e. The van der Waals surface area contributed by atoms with Crippen molar-refractivity contribution in [3.8, 4) is 0 Å². The highest BCUT2D eigenvalue weighted by atomic mass is 32.2. The van der Waals surface area contributed by atoms with Crippen LogP contribution in [-0.4, -0.2) is 33.3 Å². The first-order valence-corrected chi connectivity index (χ1v) is 7.91. The third kappa shape index (κ3) is 8.07. The molecule has 1 atom stereocenters. The molecule has 16 heavy (non-hydrogen) atoms. The Morgan fingerprint density at radius 2 is 1.81 bits per heavy atom. The van der Waals surface area contributed by atoms with Gasteiger partial charge in [-0.2, -0.15) is 0 Å². The number of hydrogen-bond donors (Lipinski definition) is 2. The highest BCUT2D eigenvalue weighted by molar-refractivity contribution is 7.89. The van der Waals surface area contributed by atoms with Crippen LogP contribution in [0.25, 0.3) is 0 Å². The van der Waals surface area contributed by atoms with E-state index < -0.39 is 10.0 Å². The van der Waals surface area contributed by atoms with Crippen LogP contribution in [0.1, 0.15) is 46.5 Å². The van der Waals surface area contributed by atoms with Crippen molar-refractivity contribution in [3.63, 3.8) is 0 Å². The highest BCUT2D eigenvalue weighted by Crippen LogP contribution is 2.03. The number of nitrogens with one attached hydrogen (secondary N) is 2. The van der Waals surface area contributed by atoms with Crippen molar-refractivity contribution < 1.29 is 8.42 Å². The van der Waals surface area contributed by atoms with Crippen molar-refractivity contribution in [2.45, 2.75) is 52.5 Å². The number of unbranched alkanes of at least 4 members (excludes halogenated alkanes) is 1. The van der Waals surface area contributed by atoms with Crippen LogP contribution in [0.5, 0.6) is 0 Å². The van der Waals surface area contributed by atoms with Crippen LogP contribution in [0.4, 0.5) is 0 Å². The summed E-state index contributed by atoms with van der Waals surface area (Å²) in [6.45, 7) is 7.18. The summed E-state index contributed by atoms with van der Waals surface area (Å²) in [5, 5.41) is 3.37. The predicted octanol–water partition coefficient (Wildman–Crippen LogP) is 1.48. The van der Waals surface area contributed by atoms with E-state index >= 15 is 0 Å².